The number of alkyl halides is 1. The van der Waals surface area contributed by atoms with E-state index in [0.29, 0.717) is 0 Å². The van der Waals surface area contributed by atoms with Crippen molar-refractivity contribution in [3.8, 4) is 0 Å². The summed E-state index contributed by atoms with van der Waals surface area (Å²) in [5.74, 6) is -0.399. The summed E-state index contributed by atoms with van der Waals surface area (Å²) in [5, 5.41) is 8.16. The highest BCUT2D eigenvalue weighted by Crippen LogP contribution is 2.02. The number of benzene rings is 1. The number of hydrogen-bond acceptors (Lipinski definition) is 2. The Bertz CT molecular complexity index is 330. The van der Waals surface area contributed by atoms with Crippen LogP contribution in [0.1, 0.15) is 36.5 Å². The van der Waals surface area contributed by atoms with Crippen LogP contribution in [0.5, 0.6) is 0 Å². The first-order valence-electron chi connectivity index (χ1n) is 5.41. The summed E-state index contributed by atoms with van der Waals surface area (Å²) >= 11 is 5.38. The van der Waals surface area contributed by atoms with Gasteiger partial charge in [-0.05, 0) is 24.6 Å². The molecule has 0 saturated carbocycles. The molecule has 1 rings (SSSR count). The molecule has 17 heavy (non-hydrogen) atoms. The highest BCUT2D eigenvalue weighted by molar-refractivity contribution is 6.17. The van der Waals surface area contributed by atoms with Gasteiger partial charge in [0.15, 0.2) is 0 Å². The van der Waals surface area contributed by atoms with Crippen LogP contribution in [0, 0.1) is 5.82 Å². The summed E-state index contributed by atoms with van der Waals surface area (Å²) in [7, 11) is 0. The van der Waals surface area contributed by atoms with Crippen molar-refractivity contribution in [2.75, 3.05) is 5.88 Å². The second kappa shape index (κ2) is 10.1. The molecule has 0 radical (unpaired) electrons. The fourth-order valence-corrected chi connectivity index (χ4v) is 1.23. The van der Waals surface area contributed by atoms with Crippen LogP contribution in [0.15, 0.2) is 24.3 Å². The van der Waals surface area contributed by atoms with E-state index in [2.05, 4.69) is 6.92 Å². The molecule has 0 spiro atoms. The van der Waals surface area contributed by atoms with Gasteiger partial charge in [0.1, 0.15) is 5.82 Å². The molecule has 0 saturated heterocycles. The number of amides is 1. The van der Waals surface area contributed by atoms with Gasteiger partial charge in [-0.15, -0.1) is 11.6 Å². The lowest BCUT2D eigenvalue weighted by molar-refractivity contribution is 0.0706. The highest BCUT2D eigenvalue weighted by Gasteiger charge is 2.02. The van der Waals surface area contributed by atoms with E-state index < -0.39 is 11.7 Å². The lowest BCUT2D eigenvalue weighted by Crippen LogP contribution is -2.18. The van der Waals surface area contributed by atoms with Gasteiger partial charge in [0.2, 0.25) is 0 Å². The zero-order valence-corrected chi connectivity index (χ0v) is 10.5. The Morgan fingerprint density at radius 1 is 1.47 bits per heavy atom. The van der Waals surface area contributed by atoms with Crippen LogP contribution < -0.4 is 5.48 Å². The van der Waals surface area contributed by atoms with Crippen LogP contribution in [0.25, 0.3) is 0 Å². The molecule has 0 heterocycles. The molecule has 0 fully saturated rings. The lowest BCUT2D eigenvalue weighted by atomic mass is 10.2. The minimum atomic E-state index is -0.718. The molecular formula is C12H17ClFNO2. The summed E-state index contributed by atoms with van der Waals surface area (Å²) in [6.45, 7) is 2.17. The van der Waals surface area contributed by atoms with E-state index >= 15 is 0 Å². The number of hydrogen-bond donors (Lipinski definition) is 2. The predicted octanol–water partition coefficient (Wildman–Crippen LogP) is 3.36. The largest absolute Gasteiger partial charge is 0.288 e. The second-order valence-corrected chi connectivity index (χ2v) is 3.73. The minimum absolute atomic E-state index is 0.0903. The molecule has 0 aliphatic heterocycles. The first kappa shape index (κ1) is 15.9. The van der Waals surface area contributed by atoms with Crippen LogP contribution >= 0.6 is 11.6 Å². The zero-order chi connectivity index (χ0) is 13.1. The number of unbranched alkanes of at least 4 members (excludes halogenated alkanes) is 2. The lowest BCUT2D eigenvalue weighted by Gasteiger charge is -1.96. The summed E-state index contributed by atoms with van der Waals surface area (Å²) in [5.41, 5.74) is 1.49. The Morgan fingerprint density at radius 2 is 2.18 bits per heavy atom. The average molecular weight is 262 g/mol. The molecule has 0 aromatic heterocycles. The van der Waals surface area contributed by atoms with Crippen molar-refractivity contribution >= 4 is 17.5 Å². The Morgan fingerprint density at radius 3 is 2.59 bits per heavy atom. The summed E-state index contributed by atoms with van der Waals surface area (Å²) in [6, 6.07) is 5.04. The molecule has 1 amide bonds. The number of rotatable bonds is 4. The van der Waals surface area contributed by atoms with E-state index in [9.17, 15) is 9.18 Å². The molecule has 0 aliphatic carbocycles. The van der Waals surface area contributed by atoms with E-state index in [1.54, 1.807) is 0 Å². The Balaban J connectivity index is 0.000000366. The number of nitrogens with one attached hydrogen (secondary N) is 1. The topological polar surface area (TPSA) is 49.3 Å². The third-order valence-corrected chi connectivity index (χ3v) is 2.19. The van der Waals surface area contributed by atoms with Gasteiger partial charge in [-0.2, -0.15) is 0 Å². The SMILES string of the molecule is CCCCCCl.O=C(NO)c1cccc(F)c1. The number of hydroxylamine groups is 1. The van der Waals surface area contributed by atoms with E-state index in [1.807, 2.05) is 0 Å². The maximum Gasteiger partial charge on any atom is 0.274 e. The fraction of sp³-hybridized carbons (Fsp3) is 0.417. The number of halogens is 2. The van der Waals surface area contributed by atoms with Crippen LogP contribution in [-0.4, -0.2) is 17.0 Å². The normalized spacial score (nSPS) is 9.18. The van der Waals surface area contributed by atoms with Crippen molar-refractivity contribution in [1.29, 1.82) is 0 Å². The van der Waals surface area contributed by atoms with Gasteiger partial charge in [-0.3, -0.25) is 10.0 Å². The fourth-order valence-electron chi connectivity index (χ4n) is 1.04. The van der Waals surface area contributed by atoms with Crippen LogP contribution in [0.4, 0.5) is 4.39 Å². The predicted molar refractivity (Wildman–Crippen MR) is 65.9 cm³/mol. The number of carbonyl (C=O) groups excluding carboxylic acids is 1. The molecule has 0 atom stereocenters. The Kier molecular flexibility index (Phi) is 9.38. The summed E-state index contributed by atoms with van der Waals surface area (Å²) in [6.07, 6.45) is 3.73. The van der Waals surface area contributed by atoms with Gasteiger partial charge in [0, 0.05) is 11.4 Å². The third-order valence-electron chi connectivity index (χ3n) is 1.93. The molecule has 5 heteroatoms. The molecule has 96 valence electrons. The van der Waals surface area contributed by atoms with E-state index in [0.717, 1.165) is 11.9 Å². The van der Waals surface area contributed by atoms with Crippen LogP contribution in [0.2, 0.25) is 0 Å². The van der Waals surface area contributed by atoms with Crippen molar-refractivity contribution in [2.24, 2.45) is 0 Å². The van der Waals surface area contributed by atoms with E-state index in [-0.39, 0.29) is 5.56 Å². The first-order chi connectivity index (χ1) is 8.15. The smallest absolute Gasteiger partial charge is 0.274 e. The Labute approximate surface area is 106 Å². The quantitative estimate of drug-likeness (QED) is 0.378. The maximum atomic E-state index is 12.4. The van der Waals surface area contributed by atoms with Crippen molar-refractivity contribution < 1.29 is 14.4 Å². The van der Waals surface area contributed by atoms with Crippen molar-refractivity contribution in [3.05, 3.63) is 35.6 Å². The minimum Gasteiger partial charge on any atom is -0.288 e. The first-order valence-corrected chi connectivity index (χ1v) is 5.95. The van der Waals surface area contributed by atoms with E-state index in [4.69, 9.17) is 16.8 Å². The maximum absolute atomic E-state index is 12.4. The molecule has 1 aromatic rings. The highest BCUT2D eigenvalue weighted by atomic mass is 35.5. The standard InChI is InChI=1S/C7H6FNO2.C5H11Cl/c8-6-3-1-2-5(4-6)7(10)9-11;1-2-3-4-5-6/h1-4,11H,(H,9,10);2-5H2,1H3. The van der Waals surface area contributed by atoms with Gasteiger partial charge >= 0.3 is 0 Å². The van der Waals surface area contributed by atoms with Gasteiger partial charge in [-0.25, -0.2) is 9.87 Å². The summed E-state index contributed by atoms with van der Waals surface area (Å²) in [4.78, 5) is 10.6. The summed E-state index contributed by atoms with van der Waals surface area (Å²) < 4.78 is 12.4. The molecule has 1 aromatic carbocycles. The molecule has 3 nitrogen and oxygen atoms in total. The van der Waals surface area contributed by atoms with Gasteiger partial charge in [-0.1, -0.05) is 25.8 Å². The van der Waals surface area contributed by atoms with Gasteiger partial charge in [0.05, 0.1) is 0 Å². The molecule has 0 unspecified atom stereocenters. The second-order valence-electron chi connectivity index (χ2n) is 3.35. The van der Waals surface area contributed by atoms with E-state index in [1.165, 1.54) is 42.9 Å². The van der Waals surface area contributed by atoms with Crippen molar-refractivity contribution in [1.82, 2.24) is 5.48 Å². The molecule has 0 aliphatic rings. The third kappa shape index (κ3) is 7.71. The van der Waals surface area contributed by atoms with Crippen molar-refractivity contribution in [2.45, 2.75) is 26.2 Å². The molecule has 2 N–H and O–H groups in total. The van der Waals surface area contributed by atoms with Gasteiger partial charge < -0.3 is 0 Å². The molecule has 0 bridgehead atoms. The monoisotopic (exact) mass is 261 g/mol. The zero-order valence-electron chi connectivity index (χ0n) is 9.75. The Hall–Kier alpha value is -1.13. The van der Waals surface area contributed by atoms with Crippen LogP contribution in [-0.2, 0) is 0 Å². The van der Waals surface area contributed by atoms with Crippen molar-refractivity contribution in [3.63, 3.8) is 0 Å². The average Bonchev–Trinajstić information content (AvgIpc) is 2.36. The van der Waals surface area contributed by atoms with Crippen LogP contribution in [0.3, 0.4) is 0 Å². The van der Waals surface area contributed by atoms with Gasteiger partial charge in [0.25, 0.3) is 5.91 Å². The molecular weight excluding hydrogens is 245 g/mol. The number of carbonyl (C=O) groups is 1.